The molecule has 1 aromatic rings. The van der Waals surface area contributed by atoms with Gasteiger partial charge in [0.15, 0.2) is 0 Å². The van der Waals surface area contributed by atoms with E-state index in [1.807, 2.05) is 6.07 Å². The molecule has 0 bridgehead atoms. The summed E-state index contributed by atoms with van der Waals surface area (Å²) in [5.41, 5.74) is -0.106. The first kappa shape index (κ1) is 12.9. The lowest BCUT2D eigenvalue weighted by Crippen LogP contribution is -2.46. The molecular weight excluding hydrogens is 228 g/mol. The van der Waals surface area contributed by atoms with Crippen molar-refractivity contribution in [3.05, 3.63) is 30.1 Å². The van der Waals surface area contributed by atoms with E-state index in [-0.39, 0.29) is 12.4 Å². The van der Waals surface area contributed by atoms with Crippen LogP contribution >= 0.6 is 12.4 Å². The summed E-state index contributed by atoms with van der Waals surface area (Å²) in [6.07, 6.45) is 2.88. The maximum atomic E-state index is 11.4. The Balaban J connectivity index is 0.00000128. The van der Waals surface area contributed by atoms with Crippen molar-refractivity contribution in [2.24, 2.45) is 0 Å². The molecule has 2 rings (SSSR count). The number of aliphatic carboxylic acids is 1. The number of halogens is 1. The number of nitrogens with zero attached hydrogens (tertiary/aromatic N) is 1. The third-order valence-corrected chi connectivity index (χ3v) is 3.02. The lowest BCUT2D eigenvalue weighted by Gasteiger charge is -2.32. The second-order valence-corrected chi connectivity index (χ2v) is 3.85. The average Bonchev–Trinajstić information content (AvgIpc) is 2.31. The highest BCUT2D eigenvalue weighted by molar-refractivity contribution is 5.85. The van der Waals surface area contributed by atoms with Crippen molar-refractivity contribution >= 4 is 18.4 Å². The van der Waals surface area contributed by atoms with E-state index >= 15 is 0 Å². The van der Waals surface area contributed by atoms with Gasteiger partial charge in [0.25, 0.3) is 0 Å². The van der Waals surface area contributed by atoms with Crippen molar-refractivity contribution < 1.29 is 9.90 Å². The van der Waals surface area contributed by atoms with E-state index in [9.17, 15) is 9.90 Å². The largest absolute Gasteiger partial charge is 0.481 e. The lowest BCUT2D eigenvalue weighted by molar-refractivity contribution is -0.145. The highest BCUT2D eigenvalue weighted by Crippen LogP contribution is 2.32. The standard InChI is InChI=1S/C11H14N2O2.ClH/c14-10(15)11(4-7-12-8-5-11)9-3-1-2-6-13-9;/h1-3,6,12H,4-5,7-8H2,(H,14,15);1H. The molecule has 88 valence electrons. The van der Waals surface area contributed by atoms with Crippen molar-refractivity contribution in [3.63, 3.8) is 0 Å². The molecule has 5 heteroatoms. The van der Waals surface area contributed by atoms with Crippen molar-refractivity contribution in [1.82, 2.24) is 10.3 Å². The molecule has 4 nitrogen and oxygen atoms in total. The minimum Gasteiger partial charge on any atom is -0.481 e. The Morgan fingerprint density at radius 3 is 2.56 bits per heavy atom. The molecule has 1 aliphatic rings. The van der Waals surface area contributed by atoms with E-state index in [1.165, 1.54) is 0 Å². The van der Waals surface area contributed by atoms with E-state index in [0.29, 0.717) is 18.5 Å². The predicted octanol–water partition coefficient (Wildman–Crippen LogP) is 1.21. The van der Waals surface area contributed by atoms with Crippen LogP contribution in [0.1, 0.15) is 18.5 Å². The second kappa shape index (κ2) is 5.27. The third-order valence-electron chi connectivity index (χ3n) is 3.02. The first-order valence-electron chi connectivity index (χ1n) is 5.11. The predicted molar refractivity (Wildman–Crippen MR) is 62.9 cm³/mol. The maximum Gasteiger partial charge on any atom is 0.315 e. The monoisotopic (exact) mass is 242 g/mol. The fraction of sp³-hybridized carbons (Fsp3) is 0.455. The Kier molecular flexibility index (Phi) is 4.26. The highest BCUT2D eigenvalue weighted by atomic mass is 35.5. The van der Waals surface area contributed by atoms with Crippen LogP contribution < -0.4 is 5.32 Å². The van der Waals surface area contributed by atoms with Crippen molar-refractivity contribution in [2.75, 3.05) is 13.1 Å². The van der Waals surface area contributed by atoms with E-state index in [4.69, 9.17) is 0 Å². The second-order valence-electron chi connectivity index (χ2n) is 3.85. The summed E-state index contributed by atoms with van der Waals surface area (Å²) in [5.74, 6) is -0.761. The van der Waals surface area contributed by atoms with Gasteiger partial charge in [0.1, 0.15) is 5.41 Å². The Labute approximate surface area is 100 Å². The molecule has 2 heterocycles. The van der Waals surface area contributed by atoms with Crippen molar-refractivity contribution in [3.8, 4) is 0 Å². The van der Waals surface area contributed by atoms with Crippen LogP contribution in [0, 0.1) is 0 Å². The summed E-state index contributed by atoms with van der Waals surface area (Å²) in [4.78, 5) is 15.6. The summed E-state index contributed by atoms with van der Waals surface area (Å²) >= 11 is 0. The smallest absolute Gasteiger partial charge is 0.315 e. The van der Waals surface area contributed by atoms with Crippen molar-refractivity contribution in [1.29, 1.82) is 0 Å². The molecule has 1 aromatic heterocycles. The number of pyridine rings is 1. The summed E-state index contributed by atoms with van der Waals surface area (Å²) in [6.45, 7) is 1.48. The van der Waals surface area contributed by atoms with Crippen LogP contribution in [0.5, 0.6) is 0 Å². The van der Waals surface area contributed by atoms with Gasteiger partial charge in [-0.2, -0.15) is 0 Å². The van der Waals surface area contributed by atoms with Gasteiger partial charge in [-0.05, 0) is 38.1 Å². The third kappa shape index (κ3) is 2.18. The topological polar surface area (TPSA) is 62.2 Å². The van der Waals surface area contributed by atoms with Crippen LogP contribution in [-0.4, -0.2) is 29.1 Å². The zero-order valence-electron chi connectivity index (χ0n) is 8.85. The number of aromatic nitrogens is 1. The van der Waals surface area contributed by atoms with Gasteiger partial charge < -0.3 is 10.4 Å². The molecule has 1 saturated heterocycles. The number of carboxylic acid groups (broad SMARTS) is 1. The molecule has 0 aromatic carbocycles. The van der Waals surface area contributed by atoms with Gasteiger partial charge >= 0.3 is 5.97 Å². The Morgan fingerprint density at radius 1 is 1.38 bits per heavy atom. The van der Waals surface area contributed by atoms with Crippen LogP contribution in [0.2, 0.25) is 0 Å². The normalized spacial score (nSPS) is 18.5. The summed E-state index contributed by atoms with van der Waals surface area (Å²) in [7, 11) is 0. The quantitative estimate of drug-likeness (QED) is 0.818. The number of rotatable bonds is 2. The lowest BCUT2D eigenvalue weighted by atomic mass is 9.76. The number of carboxylic acids is 1. The fourth-order valence-electron chi connectivity index (χ4n) is 2.08. The van der Waals surface area contributed by atoms with E-state index < -0.39 is 11.4 Å². The molecule has 16 heavy (non-hydrogen) atoms. The van der Waals surface area contributed by atoms with Gasteiger partial charge in [0.2, 0.25) is 0 Å². The molecule has 0 radical (unpaired) electrons. The van der Waals surface area contributed by atoms with Gasteiger partial charge in [0.05, 0.1) is 5.69 Å². The minimum absolute atomic E-state index is 0. The maximum absolute atomic E-state index is 11.4. The molecule has 0 saturated carbocycles. The van der Waals surface area contributed by atoms with Crippen molar-refractivity contribution in [2.45, 2.75) is 18.3 Å². The van der Waals surface area contributed by atoms with Gasteiger partial charge in [-0.1, -0.05) is 6.07 Å². The zero-order chi connectivity index (χ0) is 10.7. The Morgan fingerprint density at radius 2 is 2.06 bits per heavy atom. The van der Waals surface area contributed by atoms with E-state index in [0.717, 1.165) is 13.1 Å². The van der Waals surface area contributed by atoms with Crippen LogP contribution in [0.4, 0.5) is 0 Å². The summed E-state index contributed by atoms with van der Waals surface area (Å²) in [5, 5.41) is 12.5. The van der Waals surface area contributed by atoms with Gasteiger partial charge in [0, 0.05) is 6.20 Å². The summed E-state index contributed by atoms with van der Waals surface area (Å²) < 4.78 is 0. The van der Waals surface area contributed by atoms with Gasteiger partial charge in [-0.15, -0.1) is 12.4 Å². The van der Waals surface area contributed by atoms with Crippen LogP contribution in [0.25, 0.3) is 0 Å². The van der Waals surface area contributed by atoms with E-state index in [1.54, 1.807) is 18.3 Å². The molecule has 0 spiro atoms. The number of hydrogen-bond donors (Lipinski definition) is 2. The van der Waals surface area contributed by atoms with Gasteiger partial charge in [-0.3, -0.25) is 9.78 Å². The number of piperidine rings is 1. The Bertz CT molecular complexity index is 350. The van der Waals surface area contributed by atoms with Crippen LogP contribution in [-0.2, 0) is 10.2 Å². The molecule has 0 unspecified atom stereocenters. The Hall–Kier alpha value is -1.13. The van der Waals surface area contributed by atoms with Crippen LogP contribution in [0.15, 0.2) is 24.4 Å². The van der Waals surface area contributed by atoms with Crippen LogP contribution in [0.3, 0.4) is 0 Å². The molecule has 0 atom stereocenters. The SMILES string of the molecule is Cl.O=C(O)C1(c2ccccn2)CCNCC1. The van der Waals surface area contributed by atoms with E-state index in [2.05, 4.69) is 10.3 Å². The fourth-order valence-corrected chi connectivity index (χ4v) is 2.08. The number of carbonyl (C=O) groups is 1. The molecule has 0 amide bonds. The highest BCUT2D eigenvalue weighted by Gasteiger charge is 2.42. The molecular formula is C11H15ClN2O2. The molecule has 1 aliphatic heterocycles. The van der Waals surface area contributed by atoms with Gasteiger partial charge in [-0.25, -0.2) is 0 Å². The zero-order valence-corrected chi connectivity index (χ0v) is 9.67. The average molecular weight is 243 g/mol. The summed E-state index contributed by atoms with van der Waals surface area (Å²) in [6, 6.07) is 5.45. The first-order chi connectivity index (χ1) is 7.26. The number of hydrogen-bond acceptors (Lipinski definition) is 3. The number of nitrogens with one attached hydrogen (secondary N) is 1. The minimum atomic E-state index is -0.785. The molecule has 2 N–H and O–H groups in total. The first-order valence-corrected chi connectivity index (χ1v) is 5.11. The molecule has 1 fully saturated rings. The molecule has 0 aliphatic carbocycles.